The van der Waals surface area contributed by atoms with Gasteiger partial charge in [0.1, 0.15) is 12.5 Å². The summed E-state index contributed by atoms with van der Waals surface area (Å²) in [4.78, 5) is 42.5. The highest BCUT2D eigenvalue weighted by molar-refractivity contribution is 6.45. The molecule has 1 atom stereocenters. The van der Waals surface area contributed by atoms with Gasteiger partial charge in [-0.1, -0.05) is 48.0 Å². The fourth-order valence-electron chi connectivity index (χ4n) is 5.60. The molecule has 1 aromatic heterocycles. The second kappa shape index (κ2) is 13.0. The van der Waals surface area contributed by atoms with Crippen LogP contribution in [0, 0.1) is 17.7 Å². The predicted octanol–water partition coefficient (Wildman–Crippen LogP) is 5.91. The van der Waals surface area contributed by atoms with Crippen molar-refractivity contribution in [3.8, 4) is 0 Å². The summed E-state index contributed by atoms with van der Waals surface area (Å²) >= 11 is 6.69. The van der Waals surface area contributed by atoms with Crippen LogP contribution >= 0.6 is 11.6 Å². The Morgan fingerprint density at radius 1 is 1.05 bits per heavy atom. The van der Waals surface area contributed by atoms with E-state index in [1.807, 2.05) is 24.3 Å². The van der Waals surface area contributed by atoms with Gasteiger partial charge in [0, 0.05) is 44.7 Å². The van der Waals surface area contributed by atoms with E-state index in [-0.39, 0.29) is 35.0 Å². The second-order valence-corrected chi connectivity index (χ2v) is 11.7. The molecule has 1 aliphatic carbocycles. The van der Waals surface area contributed by atoms with Gasteiger partial charge < -0.3 is 19.1 Å². The summed E-state index contributed by atoms with van der Waals surface area (Å²) in [7, 11) is 3.06. The molecule has 2 aromatic carbocycles. The molecule has 0 saturated carbocycles. The number of likely N-dealkylation sites (tertiary alicyclic amines) is 1. The van der Waals surface area contributed by atoms with Crippen LogP contribution in [0.15, 0.2) is 66.9 Å². The van der Waals surface area contributed by atoms with Crippen LogP contribution in [0.5, 0.6) is 0 Å². The number of nitrogens with zero attached hydrogens (tertiary/aromatic N) is 3. The molecule has 0 N–H and O–H groups in total. The van der Waals surface area contributed by atoms with Gasteiger partial charge in [0.2, 0.25) is 0 Å². The minimum atomic E-state index is -0.661. The molecule has 220 valence electrons. The normalized spacial score (nSPS) is 17.1. The molecule has 1 saturated heterocycles. The first kappa shape index (κ1) is 29.7. The molecule has 0 bridgehead atoms. The van der Waals surface area contributed by atoms with Crippen molar-refractivity contribution in [2.45, 2.75) is 32.4 Å². The zero-order valence-electron chi connectivity index (χ0n) is 23.9. The Hall–Kier alpha value is -3.75. The zero-order valence-corrected chi connectivity index (χ0v) is 24.6. The van der Waals surface area contributed by atoms with Crippen molar-refractivity contribution in [2.75, 3.05) is 33.8 Å². The molecule has 2 amide bonds. The number of piperidine rings is 1. The minimum absolute atomic E-state index is 0.166. The highest BCUT2D eigenvalue weighted by Gasteiger charge is 2.28. The summed E-state index contributed by atoms with van der Waals surface area (Å²) in [5, 5.41) is 0.761. The highest BCUT2D eigenvalue weighted by atomic mass is 35.5. The van der Waals surface area contributed by atoms with Crippen LogP contribution in [0.3, 0.4) is 0 Å². The summed E-state index contributed by atoms with van der Waals surface area (Å²) < 4.78 is 21.0. The SMILES string of the molecule is CN(C)C(=O)C(=O)c1cn(COCC2C=CC=CC2)c2cc(Cl)c(C(=O)N3CCC(Cc4ccc(F)cc4)CC3)cc12. The smallest absolute Gasteiger partial charge is 0.294 e. The van der Waals surface area contributed by atoms with Gasteiger partial charge in [-0.2, -0.15) is 0 Å². The number of allylic oxidation sites excluding steroid dienone is 3. The van der Waals surface area contributed by atoms with Crippen LogP contribution in [-0.2, 0) is 22.7 Å². The molecule has 0 radical (unpaired) electrons. The summed E-state index contributed by atoms with van der Waals surface area (Å²) in [5.74, 6) is -1.11. The van der Waals surface area contributed by atoms with Crippen molar-refractivity contribution in [3.05, 3.63) is 94.4 Å². The second-order valence-electron chi connectivity index (χ2n) is 11.3. The lowest BCUT2D eigenvalue weighted by molar-refractivity contribution is -0.124. The molecule has 3 aromatic rings. The summed E-state index contributed by atoms with van der Waals surface area (Å²) in [6.07, 6.45) is 13.2. The third-order valence-corrected chi connectivity index (χ3v) is 8.33. The number of ether oxygens (including phenoxy) is 1. The quantitative estimate of drug-likeness (QED) is 0.229. The van der Waals surface area contributed by atoms with E-state index in [2.05, 4.69) is 12.2 Å². The molecule has 42 heavy (non-hydrogen) atoms. The van der Waals surface area contributed by atoms with Gasteiger partial charge in [0.15, 0.2) is 0 Å². The van der Waals surface area contributed by atoms with Crippen molar-refractivity contribution in [3.63, 3.8) is 0 Å². The van der Waals surface area contributed by atoms with Crippen molar-refractivity contribution < 1.29 is 23.5 Å². The number of carbonyl (C=O) groups is 3. The van der Waals surface area contributed by atoms with E-state index >= 15 is 0 Å². The number of aromatic nitrogens is 1. The number of benzene rings is 2. The fraction of sp³-hybridized carbons (Fsp3) is 0.364. The third kappa shape index (κ3) is 6.66. The molecule has 1 unspecified atom stereocenters. The van der Waals surface area contributed by atoms with Crippen LogP contribution in [0.1, 0.15) is 45.5 Å². The average molecular weight is 592 g/mol. The average Bonchev–Trinajstić information content (AvgIpc) is 3.34. The maximum absolute atomic E-state index is 13.6. The molecule has 0 spiro atoms. The zero-order chi connectivity index (χ0) is 29.8. The fourth-order valence-corrected chi connectivity index (χ4v) is 5.84. The number of halogens is 2. The van der Waals surface area contributed by atoms with Gasteiger partial charge in [0.25, 0.3) is 17.6 Å². The molecule has 5 rings (SSSR count). The highest BCUT2D eigenvalue weighted by Crippen LogP contribution is 2.31. The molecule has 7 nitrogen and oxygen atoms in total. The number of carbonyl (C=O) groups excluding carboxylic acids is 3. The number of likely N-dealkylation sites (N-methyl/N-ethyl adjacent to an activating group) is 1. The van der Waals surface area contributed by atoms with Crippen molar-refractivity contribution in [1.82, 2.24) is 14.4 Å². The van der Waals surface area contributed by atoms with Gasteiger partial charge in [-0.25, -0.2) is 4.39 Å². The van der Waals surface area contributed by atoms with Crippen LogP contribution < -0.4 is 0 Å². The monoisotopic (exact) mass is 591 g/mol. The van der Waals surface area contributed by atoms with E-state index in [0.717, 1.165) is 31.2 Å². The Morgan fingerprint density at radius 2 is 1.79 bits per heavy atom. The Labute approximate surface area is 250 Å². The molecular weight excluding hydrogens is 557 g/mol. The lowest BCUT2D eigenvalue weighted by Crippen LogP contribution is -2.39. The number of Topliss-reactive ketones (excluding diaryl/α,β-unsaturated/α-hetero) is 1. The van der Waals surface area contributed by atoms with E-state index in [9.17, 15) is 18.8 Å². The number of fused-ring (bicyclic) bond motifs is 1. The first-order valence-corrected chi connectivity index (χ1v) is 14.6. The molecule has 1 aliphatic heterocycles. The van der Waals surface area contributed by atoms with Crippen LogP contribution in [0.4, 0.5) is 4.39 Å². The first-order valence-electron chi connectivity index (χ1n) is 14.2. The van der Waals surface area contributed by atoms with E-state index in [1.54, 1.807) is 27.8 Å². The predicted molar refractivity (Wildman–Crippen MR) is 161 cm³/mol. The summed E-state index contributed by atoms with van der Waals surface area (Å²) in [5.41, 5.74) is 2.20. The van der Waals surface area contributed by atoms with Crippen LogP contribution in [-0.4, -0.2) is 65.8 Å². The standard InChI is InChI=1S/C33H35ClFN3O4/c1-36(2)33(41)31(39)28-19-38(21-42-20-24-6-4-3-5-7-24)30-18-29(34)27(17-26(28)30)32(40)37-14-12-23(13-15-37)16-22-8-10-25(35)11-9-22/h3-6,8-11,17-19,23-24H,7,12-16,20-21H2,1-2H3. The molecule has 2 aliphatic rings. The lowest BCUT2D eigenvalue weighted by Gasteiger charge is -2.32. The third-order valence-electron chi connectivity index (χ3n) is 8.02. The number of ketones is 1. The van der Waals surface area contributed by atoms with Gasteiger partial charge in [-0.3, -0.25) is 14.4 Å². The van der Waals surface area contributed by atoms with E-state index in [4.69, 9.17) is 16.3 Å². The number of hydrogen-bond acceptors (Lipinski definition) is 4. The minimum Gasteiger partial charge on any atom is -0.360 e. The Kier molecular flexibility index (Phi) is 9.24. The van der Waals surface area contributed by atoms with Gasteiger partial charge in [-0.15, -0.1) is 0 Å². The summed E-state index contributed by atoms with van der Waals surface area (Å²) in [6, 6.07) is 9.87. The maximum atomic E-state index is 13.6. The largest absolute Gasteiger partial charge is 0.360 e. The van der Waals surface area contributed by atoms with Crippen molar-refractivity contribution in [2.24, 2.45) is 11.8 Å². The molecule has 2 heterocycles. The Balaban J connectivity index is 1.35. The molecule has 9 heteroatoms. The lowest BCUT2D eigenvalue weighted by atomic mass is 9.90. The van der Waals surface area contributed by atoms with Crippen LogP contribution in [0.25, 0.3) is 10.9 Å². The number of hydrogen-bond donors (Lipinski definition) is 0. The summed E-state index contributed by atoms with van der Waals surface area (Å²) in [6.45, 7) is 1.81. The van der Waals surface area contributed by atoms with Crippen molar-refractivity contribution >= 4 is 40.1 Å². The van der Waals surface area contributed by atoms with Crippen molar-refractivity contribution in [1.29, 1.82) is 0 Å². The van der Waals surface area contributed by atoms with E-state index in [1.165, 1.54) is 31.1 Å². The van der Waals surface area contributed by atoms with E-state index in [0.29, 0.717) is 42.1 Å². The first-order chi connectivity index (χ1) is 20.2. The topological polar surface area (TPSA) is 71.9 Å². The number of rotatable bonds is 9. The Morgan fingerprint density at radius 3 is 2.45 bits per heavy atom. The Bertz CT molecular complexity index is 1530. The van der Waals surface area contributed by atoms with Gasteiger partial charge >= 0.3 is 0 Å². The van der Waals surface area contributed by atoms with Gasteiger partial charge in [-0.05, 0) is 61.4 Å². The molecule has 1 fully saturated rings. The van der Waals surface area contributed by atoms with Crippen LogP contribution in [0.2, 0.25) is 5.02 Å². The van der Waals surface area contributed by atoms with E-state index < -0.39 is 11.7 Å². The molecular formula is C33H35ClFN3O4. The number of amides is 2. The van der Waals surface area contributed by atoms with Gasteiger partial charge in [0.05, 0.1) is 28.3 Å². The maximum Gasteiger partial charge on any atom is 0.294 e.